The van der Waals surface area contributed by atoms with E-state index in [2.05, 4.69) is 0 Å². The summed E-state index contributed by atoms with van der Waals surface area (Å²) in [7, 11) is 0. The first-order chi connectivity index (χ1) is 9.58. The smallest absolute Gasteiger partial charge is 0.126 e. The first-order valence-corrected chi connectivity index (χ1v) is 7.42. The predicted octanol–water partition coefficient (Wildman–Crippen LogP) is 5.48. The molecule has 0 saturated heterocycles. The summed E-state index contributed by atoms with van der Waals surface area (Å²) in [5, 5.41) is 9.79. The van der Waals surface area contributed by atoms with Crippen LogP contribution in [0.3, 0.4) is 0 Å². The molecule has 2 unspecified atom stereocenters. The molecule has 0 aliphatic heterocycles. The van der Waals surface area contributed by atoms with Gasteiger partial charge in [-0.15, -0.1) is 0 Å². The van der Waals surface area contributed by atoms with Gasteiger partial charge in [-0.1, -0.05) is 13.3 Å². The van der Waals surface area contributed by atoms with Crippen LogP contribution in [0.4, 0.5) is 8.78 Å². The van der Waals surface area contributed by atoms with Crippen molar-refractivity contribution in [2.45, 2.75) is 51.4 Å². The molecule has 0 radical (unpaired) electrons. The summed E-state index contributed by atoms with van der Waals surface area (Å²) in [5.41, 5.74) is 0.756. The Morgan fingerprint density at radius 2 is 1.95 bits per heavy atom. The molecule has 0 spiro atoms. The highest BCUT2D eigenvalue weighted by atomic mass is 19.1. The van der Waals surface area contributed by atoms with Gasteiger partial charge in [-0.05, 0) is 61.3 Å². The summed E-state index contributed by atoms with van der Waals surface area (Å²) >= 11 is 0. The number of halogens is 2. The molecule has 1 aliphatic rings. The van der Waals surface area contributed by atoms with Crippen molar-refractivity contribution >= 4 is 0 Å². The van der Waals surface area contributed by atoms with Gasteiger partial charge in [0, 0.05) is 12.5 Å². The van der Waals surface area contributed by atoms with E-state index in [4.69, 9.17) is 0 Å². The first-order valence-electron chi connectivity index (χ1n) is 7.42. The van der Waals surface area contributed by atoms with Crippen LogP contribution in [0, 0.1) is 17.6 Å². The van der Waals surface area contributed by atoms with E-state index in [1.54, 1.807) is 0 Å². The topological polar surface area (TPSA) is 20.2 Å². The fourth-order valence-corrected chi connectivity index (χ4v) is 3.20. The lowest BCUT2D eigenvalue weighted by molar-refractivity contribution is 0.276. The minimum absolute atomic E-state index is 0.202. The van der Waals surface area contributed by atoms with Gasteiger partial charge in [-0.25, -0.2) is 8.78 Å². The van der Waals surface area contributed by atoms with Crippen LogP contribution in [-0.4, -0.2) is 5.11 Å². The SMILES string of the molecule is CC/C=C(/O)CC1CCCC(c2cc(F)cc(F)c2)C1. The first kappa shape index (κ1) is 15.0. The van der Waals surface area contributed by atoms with Crippen molar-refractivity contribution in [3.05, 3.63) is 47.2 Å². The van der Waals surface area contributed by atoms with E-state index in [9.17, 15) is 13.9 Å². The number of hydrogen-bond acceptors (Lipinski definition) is 1. The van der Waals surface area contributed by atoms with Gasteiger partial charge in [-0.3, -0.25) is 0 Å². The van der Waals surface area contributed by atoms with Crippen molar-refractivity contribution in [2.75, 3.05) is 0 Å². The van der Waals surface area contributed by atoms with Crippen molar-refractivity contribution in [2.24, 2.45) is 5.92 Å². The fraction of sp³-hybridized carbons (Fsp3) is 0.529. The lowest BCUT2D eigenvalue weighted by Crippen LogP contribution is -2.15. The number of aliphatic hydroxyl groups excluding tert-OH is 1. The second-order valence-electron chi connectivity index (χ2n) is 5.74. The van der Waals surface area contributed by atoms with Crippen LogP contribution in [0.25, 0.3) is 0 Å². The summed E-state index contributed by atoms with van der Waals surface area (Å²) in [6, 6.07) is 3.80. The highest BCUT2D eigenvalue weighted by molar-refractivity contribution is 5.22. The number of hydrogen-bond donors (Lipinski definition) is 1. The molecule has 1 saturated carbocycles. The molecular weight excluding hydrogens is 258 g/mol. The normalized spacial score (nSPS) is 23.9. The zero-order valence-corrected chi connectivity index (χ0v) is 11.9. The van der Waals surface area contributed by atoms with Crippen LogP contribution in [-0.2, 0) is 0 Å². The summed E-state index contributed by atoms with van der Waals surface area (Å²) in [5.74, 6) is 0.0477. The molecule has 3 heteroatoms. The van der Waals surface area contributed by atoms with Crippen LogP contribution >= 0.6 is 0 Å². The van der Waals surface area contributed by atoms with E-state index in [0.717, 1.165) is 43.7 Å². The third-order valence-electron chi connectivity index (χ3n) is 4.08. The van der Waals surface area contributed by atoms with Gasteiger partial charge in [0.15, 0.2) is 0 Å². The molecule has 1 fully saturated rings. The van der Waals surface area contributed by atoms with Crippen molar-refractivity contribution in [1.82, 2.24) is 0 Å². The summed E-state index contributed by atoms with van der Waals surface area (Å²) in [6.07, 6.45) is 7.34. The highest BCUT2D eigenvalue weighted by Crippen LogP contribution is 2.38. The standard InChI is InChI=1S/C17H22F2O/c1-2-4-17(20)8-12-5-3-6-13(7-12)14-9-15(18)11-16(19)10-14/h4,9-13,20H,2-3,5-8H2,1H3/b17-4+. The molecule has 0 aromatic heterocycles. The average molecular weight is 280 g/mol. The van der Waals surface area contributed by atoms with Gasteiger partial charge in [0.2, 0.25) is 0 Å². The summed E-state index contributed by atoms with van der Waals surface area (Å²) in [4.78, 5) is 0. The zero-order valence-electron chi connectivity index (χ0n) is 11.9. The third-order valence-corrected chi connectivity index (χ3v) is 4.08. The maximum atomic E-state index is 13.3. The van der Waals surface area contributed by atoms with Crippen LogP contribution in [0.1, 0.15) is 56.9 Å². The van der Waals surface area contributed by atoms with E-state index >= 15 is 0 Å². The lowest BCUT2D eigenvalue weighted by Gasteiger charge is -2.29. The monoisotopic (exact) mass is 280 g/mol. The molecule has 0 bridgehead atoms. The van der Waals surface area contributed by atoms with Crippen LogP contribution in [0.2, 0.25) is 0 Å². The van der Waals surface area contributed by atoms with Crippen molar-refractivity contribution < 1.29 is 13.9 Å². The minimum Gasteiger partial charge on any atom is -0.513 e. The lowest BCUT2D eigenvalue weighted by atomic mass is 9.76. The van der Waals surface area contributed by atoms with Crippen molar-refractivity contribution in [3.8, 4) is 0 Å². The van der Waals surface area contributed by atoms with Crippen LogP contribution in [0.5, 0.6) is 0 Å². The Balaban J connectivity index is 2.04. The third kappa shape index (κ3) is 4.06. The summed E-state index contributed by atoms with van der Waals surface area (Å²) in [6.45, 7) is 2.00. The molecule has 1 nitrogen and oxygen atoms in total. The molecule has 20 heavy (non-hydrogen) atoms. The van der Waals surface area contributed by atoms with E-state index in [-0.39, 0.29) is 5.92 Å². The van der Waals surface area contributed by atoms with E-state index in [0.29, 0.717) is 18.1 Å². The number of rotatable bonds is 4. The second-order valence-corrected chi connectivity index (χ2v) is 5.74. The molecule has 1 aliphatic carbocycles. The zero-order chi connectivity index (χ0) is 14.5. The number of allylic oxidation sites excluding steroid dienone is 2. The number of benzene rings is 1. The van der Waals surface area contributed by atoms with E-state index < -0.39 is 11.6 Å². The van der Waals surface area contributed by atoms with Gasteiger partial charge in [0.05, 0.1) is 5.76 Å². The van der Waals surface area contributed by atoms with Gasteiger partial charge in [0.1, 0.15) is 11.6 Å². The Bertz CT molecular complexity index is 462. The average Bonchev–Trinajstić information content (AvgIpc) is 2.38. The van der Waals surface area contributed by atoms with Crippen LogP contribution < -0.4 is 0 Å². The van der Waals surface area contributed by atoms with Crippen molar-refractivity contribution in [3.63, 3.8) is 0 Å². The van der Waals surface area contributed by atoms with Crippen LogP contribution in [0.15, 0.2) is 30.0 Å². The maximum Gasteiger partial charge on any atom is 0.126 e. The molecule has 1 N–H and O–H groups in total. The predicted molar refractivity (Wildman–Crippen MR) is 76.7 cm³/mol. The van der Waals surface area contributed by atoms with Crippen molar-refractivity contribution in [1.29, 1.82) is 0 Å². The molecule has 110 valence electrons. The van der Waals surface area contributed by atoms with Gasteiger partial charge in [0.25, 0.3) is 0 Å². The maximum absolute atomic E-state index is 13.3. The van der Waals surface area contributed by atoms with Gasteiger partial charge in [-0.2, -0.15) is 0 Å². The van der Waals surface area contributed by atoms with E-state index in [1.165, 1.54) is 12.1 Å². The molecule has 0 heterocycles. The largest absolute Gasteiger partial charge is 0.513 e. The minimum atomic E-state index is -0.504. The highest BCUT2D eigenvalue weighted by Gasteiger charge is 2.24. The molecule has 2 atom stereocenters. The Labute approximate surface area is 119 Å². The Hall–Kier alpha value is -1.38. The molecule has 2 rings (SSSR count). The molecule has 0 amide bonds. The Kier molecular flexibility index (Phi) is 5.16. The van der Waals surface area contributed by atoms with E-state index in [1.807, 2.05) is 13.0 Å². The Morgan fingerprint density at radius 3 is 2.60 bits per heavy atom. The molecule has 1 aromatic carbocycles. The van der Waals surface area contributed by atoms with Gasteiger partial charge < -0.3 is 5.11 Å². The molecule has 1 aromatic rings. The summed E-state index contributed by atoms with van der Waals surface area (Å²) < 4.78 is 26.6. The number of aliphatic hydroxyl groups is 1. The molecular formula is C17H22F2O. The Morgan fingerprint density at radius 1 is 1.25 bits per heavy atom. The van der Waals surface area contributed by atoms with Gasteiger partial charge >= 0.3 is 0 Å². The second kappa shape index (κ2) is 6.87. The fourth-order valence-electron chi connectivity index (χ4n) is 3.20. The quantitative estimate of drug-likeness (QED) is 0.724.